The lowest BCUT2D eigenvalue weighted by Gasteiger charge is -2.51. The fourth-order valence-electron chi connectivity index (χ4n) is 4.79. The second kappa shape index (κ2) is 5.53. The fraction of sp³-hybridized carbons (Fsp3) is 0.647. The molecule has 6 heteroatoms. The Morgan fingerprint density at radius 1 is 1.26 bits per heavy atom. The van der Waals surface area contributed by atoms with Crippen LogP contribution >= 0.6 is 0 Å². The summed E-state index contributed by atoms with van der Waals surface area (Å²) >= 11 is 0. The van der Waals surface area contributed by atoms with E-state index in [0.29, 0.717) is 12.5 Å². The van der Waals surface area contributed by atoms with Crippen LogP contribution in [-0.2, 0) is 16.4 Å². The number of sulfonamides is 1. The SMILES string of the molecule is CS(=O)(=O)N1CCC[C@@H]2CN3CCc4cc(F)ccc4[C@@H]3C[C@@H]21. The first-order valence-corrected chi connectivity index (χ1v) is 10.3. The minimum Gasteiger partial charge on any atom is -0.296 e. The predicted octanol–water partition coefficient (Wildman–Crippen LogP) is 2.17. The summed E-state index contributed by atoms with van der Waals surface area (Å²) in [5.74, 6) is 0.248. The lowest BCUT2D eigenvalue weighted by Crippen LogP contribution is -2.57. The van der Waals surface area contributed by atoms with Crippen molar-refractivity contribution in [2.45, 2.75) is 37.8 Å². The molecule has 0 N–H and O–H groups in total. The van der Waals surface area contributed by atoms with Crippen molar-refractivity contribution in [3.8, 4) is 0 Å². The van der Waals surface area contributed by atoms with E-state index in [1.165, 1.54) is 17.9 Å². The summed E-state index contributed by atoms with van der Waals surface area (Å²) in [4.78, 5) is 2.48. The predicted molar refractivity (Wildman–Crippen MR) is 87.1 cm³/mol. The topological polar surface area (TPSA) is 40.6 Å². The number of benzene rings is 1. The Kier molecular flexibility index (Phi) is 3.74. The maximum absolute atomic E-state index is 13.5. The van der Waals surface area contributed by atoms with E-state index in [-0.39, 0.29) is 17.9 Å². The molecule has 2 fully saturated rings. The Balaban J connectivity index is 1.68. The molecule has 0 saturated carbocycles. The normalized spacial score (nSPS) is 32.0. The van der Waals surface area contributed by atoms with E-state index in [4.69, 9.17) is 0 Å². The van der Waals surface area contributed by atoms with Gasteiger partial charge in [-0.05, 0) is 54.9 Å². The zero-order valence-electron chi connectivity index (χ0n) is 13.4. The number of fused-ring (bicyclic) bond motifs is 4. The molecule has 23 heavy (non-hydrogen) atoms. The minimum absolute atomic E-state index is 0.0935. The Hall–Kier alpha value is -0.980. The second-order valence-corrected chi connectivity index (χ2v) is 9.12. The molecule has 1 aromatic carbocycles. The number of rotatable bonds is 1. The van der Waals surface area contributed by atoms with Crippen LogP contribution in [0.4, 0.5) is 4.39 Å². The molecule has 0 radical (unpaired) electrons. The summed E-state index contributed by atoms with van der Waals surface area (Å²) in [6.45, 7) is 2.55. The average molecular weight is 338 g/mol. The van der Waals surface area contributed by atoms with Crippen molar-refractivity contribution in [3.05, 3.63) is 35.1 Å². The van der Waals surface area contributed by atoms with Crippen LogP contribution in [0.25, 0.3) is 0 Å². The third-order valence-corrected chi connectivity index (χ3v) is 7.11. The summed E-state index contributed by atoms with van der Waals surface area (Å²) in [6, 6.07) is 5.39. The molecule has 0 unspecified atom stereocenters. The highest BCUT2D eigenvalue weighted by Crippen LogP contribution is 2.43. The Morgan fingerprint density at radius 2 is 2.09 bits per heavy atom. The average Bonchev–Trinajstić information content (AvgIpc) is 2.51. The van der Waals surface area contributed by atoms with Crippen molar-refractivity contribution >= 4 is 10.0 Å². The van der Waals surface area contributed by atoms with Gasteiger partial charge in [0.15, 0.2) is 0 Å². The number of hydrogen-bond donors (Lipinski definition) is 0. The Labute approximate surface area is 137 Å². The van der Waals surface area contributed by atoms with Gasteiger partial charge < -0.3 is 0 Å². The smallest absolute Gasteiger partial charge is 0.211 e. The van der Waals surface area contributed by atoms with Crippen molar-refractivity contribution in [2.75, 3.05) is 25.9 Å². The summed E-state index contributed by atoms with van der Waals surface area (Å²) in [5, 5.41) is 0. The molecule has 0 bridgehead atoms. The molecule has 3 aliphatic rings. The van der Waals surface area contributed by atoms with Gasteiger partial charge in [-0.1, -0.05) is 6.07 Å². The molecule has 3 heterocycles. The largest absolute Gasteiger partial charge is 0.296 e. The Bertz CT molecular complexity index is 721. The highest BCUT2D eigenvalue weighted by molar-refractivity contribution is 7.88. The van der Waals surface area contributed by atoms with Gasteiger partial charge in [-0.15, -0.1) is 0 Å². The minimum atomic E-state index is -3.16. The van der Waals surface area contributed by atoms with Gasteiger partial charge in [0.25, 0.3) is 0 Å². The summed E-state index contributed by atoms with van der Waals surface area (Å²) in [5.41, 5.74) is 2.28. The van der Waals surface area contributed by atoms with Crippen LogP contribution in [0.15, 0.2) is 18.2 Å². The second-order valence-electron chi connectivity index (χ2n) is 7.18. The lowest BCUT2D eigenvalue weighted by molar-refractivity contribution is 0.0222. The van der Waals surface area contributed by atoms with Crippen molar-refractivity contribution in [1.29, 1.82) is 0 Å². The molecule has 3 atom stereocenters. The summed E-state index contributed by atoms with van der Waals surface area (Å²) in [7, 11) is -3.16. The van der Waals surface area contributed by atoms with Gasteiger partial charge in [-0.3, -0.25) is 4.90 Å². The van der Waals surface area contributed by atoms with Crippen LogP contribution in [0.1, 0.15) is 36.4 Å². The molecule has 126 valence electrons. The standard InChI is InChI=1S/C17H23FN2O2S/c1-23(21,22)20-7-2-3-13-11-19-8-6-12-9-14(18)4-5-15(12)17(19)10-16(13)20/h4-5,9,13,16-17H,2-3,6-8,10-11H2,1H3/t13-,16+,17+/m1/s1. The molecular formula is C17H23FN2O2S. The van der Waals surface area contributed by atoms with Gasteiger partial charge in [0, 0.05) is 31.7 Å². The quantitative estimate of drug-likeness (QED) is 0.788. The van der Waals surface area contributed by atoms with Crippen LogP contribution in [0.3, 0.4) is 0 Å². The first-order valence-electron chi connectivity index (χ1n) is 8.42. The fourth-order valence-corrected chi connectivity index (χ4v) is 6.01. The highest BCUT2D eigenvalue weighted by Gasteiger charge is 2.44. The number of halogens is 1. The van der Waals surface area contributed by atoms with E-state index in [2.05, 4.69) is 4.90 Å². The van der Waals surface area contributed by atoms with E-state index in [1.807, 2.05) is 6.07 Å². The first-order chi connectivity index (χ1) is 10.9. The van der Waals surface area contributed by atoms with E-state index in [0.717, 1.165) is 44.3 Å². The van der Waals surface area contributed by atoms with Crippen LogP contribution < -0.4 is 0 Å². The van der Waals surface area contributed by atoms with Crippen molar-refractivity contribution < 1.29 is 12.8 Å². The zero-order chi connectivity index (χ0) is 16.2. The molecule has 0 aromatic heterocycles. The molecule has 0 amide bonds. The van der Waals surface area contributed by atoms with Gasteiger partial charge >= 0.3 is 0 Å². The summed E-state index contributed by atoms with van der Waals surface area (Å²) < 4.78 is 39.5. The van der Waals surface area contributed by atoms with Gasteiger partial charge in [-0.25, -0.2) is 12.8 Å². The van der Waals surface area contributed by atoms with Crippen molar-refractivity contribution in [2.24, 2.45) is 5.92 Å². The molecule has 4 rings (SSSR count). The molecule has 2 saturated heterocycles. The third-order valence-electron chi connectivity index (χ3n) is 5.80. The molecule has 4 nitrogen and oxygen atoms in total. The van der Waals surface area contributed by atoms with Crippen LogP contribution in [0, 0.1) is 11.7 Å². The Morgan fingerprint density at radius 3 is 2.87 bits per heavy atom. The van der Waals surface area contributed by atoms with Crippen molar-refractivity contribution in [1.82, 2.24) is 9.21 Å². The van der Waals surface area contributed by atoms with Gasteiger partial charge in [0.1, 0.15) is 5.82 Å². The molecule has 1 aromatic rings. The van der Waals surface area contributed by atoms with E-state index < -0.39 is 10.0 Å². The first kappa shape index (κ1) is 15.5. The van der Waals surface area contributed by atoms with E-state index >= 15 is 0 Å². The number of nitrogens with zero attached hydrogens (tertiary/aromatic N) is 2. The van der Waals surface area contributed by atoms with E-state index in [1.54, 1.807) is 10.4 Å². The van der Waals surface area contributed by atoms with Gasteiger partial charge in [-0.2, -0.15) is 4.31 Å². The molecule has 0 spiro atoms. The molecular weight excluding hydrogens is 315 g/mol. The number of hydrogen-bond acceptors (Lipinski definition) is 3. The molecule has 0 aliphatic carbocycles. The van der Waals surface area contributed by atoms with Crippen molar-refractivity contribution in [3.63, 3.8) is 0 Å². The van der Waals surface area contributed by atoms with Crippen LogP contribution in [0.5, 0.6) is 0 Å². The van der Waals surface area contributed by atoms with Crippen LogP contribution in [0.2, 0.25) is 0 Å². The third kappa shape index (κ3) is 2.71. The lowest BCUT2D eigenvalue weighted by atomic mass is 9.77. The van der Waals surface area contributed by atoms with Crippen LogP contribution in [-0.4, -0.2) is 49.6 Å². The van der Waals surface area contributed by atoms with E-state index in [9.17, 15) is 12.8 Å². The van der Waals surface area contributed by atoms with Gasteiger partial charge in [0.05, 0.1) is 6.26 Å². The zero-order valence-corrected chi connectivity index (χ0v) is 14.2. The van der Waals surface area contributed by atoms with Gasteiger partial charge in [0.2, 0.25) is 10.0 Å². The number of piperidine rings is 2. The highest BCUT2D eigenvalue weighted by atomic mass is 32.2. The maximum Gasteiger partial charge on any atom is 0.211 e. The molecule has 3 aliphatic heterocycles. The maximum atomic E-state index is 13.5. The monoisotopic (exact) mass is 338 g/mol. The summed E-state index contributed by atoms with van der Waals surface area (Å²) in [6.07, 6.45) is 5.10.